The van der Waals surface area contributed by atoms with Crippen molar-refractivity contribution in [1.29, 1.82) is 0 Å². The van der Waals surface area contributed by atoms with Crippen LogP contribution in [0.15, 0.2) is 4.99 Å². The maximum atomic E-state index is 4.46. The molecule has 4 aliphatic rings. The first-order valence-corrected chi connectivity index (χ1v) is 6.29. The second-order valence-electron chi connectivity index (χ2n) is 5.00. The molecule has 6 heteroatoms. The molecule has 4 rings (SSSR count). The highest BCUT2D eigenvalue weighted by atomic mass is 127. The van der Waals surface area contributed by atoms with Crippen molar-refractivity contribution in [2.24, 2.45) is 4.99 Å². The lowest BCUT2D eigenvalue weighted by atomic mass is 10.1. The average molecular weight is 351 g/mol. The van der Waals surface area contributed by atoms with Crippen LogP contribution in [0.1, 0.15) is 0 Å². The number of rotatable bonds is 2. The summed E-state index contributed by atoms with van der Waals surface area (Å²) in [7, 11) is 2.11. The van der Waals surface area contributed by atoms with Crippen molar-refractivity contribution in [3.05, 3.63) is 0 Å². The molecule has 0 saturated carbocycles. The maximum Gasteiger partial charge on any atom is 0.193 e. The molecule has 2 bridgehead atoms. The number of hydrogen-bond donors (Lipinski definition) is 1. The number of halogens is 1. The minimum absolute atomic E-state index is 0. The second-order valence-corrected chi connectivity index (χ2v) is 5.00. The predicted octanol–water partition coefficient (Wildman–Crippen LogP) is -0.505. The van der Waals surface area contributed by atoms with E-state index in [0.717, 1.165) is 25.6 Å². The van der Waals surface area contributed by atoms with Gasteiger partial charge in [0.25, 0.3) is 0 Å². The molecule has 1 unspecified atom stereocenters. The number of fused-ring (bicyclic) bond motifs is 3. The van der Waals surface area contributed by atoms with Gasteiger partial charge in [-0.25, -0.2) is 0 Å². The normalized spacial score (nSPS) is 35.5. The van der Waals surface area contributed by atoms with E-state index in [9.17, 15) is 0 Å². The van der Waals surface area contributed by atoms with Crippen LogP contribution in [-0.4, -0.2) is 86.1 Å². The van der Waals surface area contributed by atoms with Crippen LogP contribution in [0.2, 0.25) is 0 Å². The van der Waals surface area contributed by atoms with E-state index in [1.165, 1.54) is 32.7 Å². The van der Waals surface area contributed by atoms with Crippen molar-refractivity contribution < 1.29 is 0 Å². The summed E-state index contributed by atoms with van der Waals surface area (Å²) >= 11 is 0. The molecule has 1 atom stereocenters. The standard InChI is InChI=1S/C11H21N5.HI/c1-14-3-2-12-11(14)13-8-10-9-15-4-6-16(10)7-5-15;/h10H,2-9H2,1H3,(H,12,13);1H. The van der Waals surface area contributed by atoms with Gasteiger partial charge in [0, 0.05) is 58.9 Å². The predicted molar refractivity (Wildman–Crippen MR) is 80.2 cm³/mol. The van der Waals surface area contributed by atoms with E-state index >= 15 is 0 Å². The summed E-state index contributed by atoms with van der Waals surface area (Å²) in [6.45, 7) is 9.28. The summed E-state index contributed by atoms with van der Waals surface area (Å²) in [5.74, 6) is 1.08. The summed E-state index contributed by atoms with van der Waals surface area (Å²) in [4.78, 5) is 11.9. The summed E-state index contributed by atoms with van der Waals surface area (Å²) in [5, 5.41) is 3.49. The van der Waals surface area contributed by atoms with Crippen LogP contribution in [0.3, 0.4) is 0 Å². The third-order valence-electron chi connectivity index (χ3n) is 3.95. The minimum atomic E-state index is 0. The Balaban J connectivity index is 0.00000108. The number of aliphatic imine (C=N–C) groups is 1. The lowest BCUT2D eigenvalue weighted by Crippen LogP contribution is -2.63. The Bertz CT molecular complexity index is 288. The van der Waals surface area contributed by atoms with Crippen LogP contribution >= 0.6 is 24.0 Å². The Labute approximate surface area is 120 Å². The van der Waals surface area contributed by atoms with E-state index < -0.39 is 0 Å². The Morgan fingerprint density at radius 1 is 1.24 bits per heavy atom. The fourth-order valence-electron chi connectivity index (χ4n) is 2.85. The smallest absolute Gasteiger partial charge is 0.193 e. The van der Waals surface area contributed by atoms with Gasteiger partial charge in [-0.1, -0.05) is 0 Å². The number of piperazine rings is 3. The lowest BCUT2D eigenvalue weighted by molar-refractivity contribution is 0.0153. The number of guanidine groups is 1. The van der Waals surface area contributed by atoms with Gasteiger partial charge in [0.05, 0.1) is 6.54 Å². The highest BCUT2D eigenvalue weighted by Gasteiger charge is 2.31. The molecule has 0 spiro atoms. The molecule has 0 radical (unpaired) electrons. The number of nitrogens with one attached hydrogen (secondary N) is 1. The third-order valence-corrected chi connectivity index (χ3v) is 3.95. The van der Waals surface area contributed by atoms with Crippen LogP contribution < -0.4 is 5.32 Å². The number of nitrogens with zero attached hydrogens (tertiary/aromatic N) is 4. The van der Waals surface area contributed by atoms with Gasteiger partial charge in [0.1, 0.15) is 0 Å². The third kappa shape index (κ3) is 2.85. The topological polar surface area (TPSA) is 34.1 Å². The summed E-state index contributed by atoms with van der Waals surface area (Å²) in [6, 6.07) is 0.680. The molecule has 1 N–H and O–H groups in total. The molecule has 0 aromatic heterocycles. The van der Waals surface area contributed by atoms with E-state index in [1.54, 1.807) is 0 Å². The van der Waals surface area contributed by atoms with Crippen molar-refractivity contribution >= 4 is 29.9 Å². The first-order chi connectivity index (χ1) is 7.83. The van der Waals surface area contributed by atoms with Crippen molar-refractivity contribution in [2.75, 3.05) is 59.4 Å². The van der Waals surface area contributed by atoms with E-state index in [1.807, 2.05) is 0 Å². The van der Waals surface area contributed by atoms with Crippen molar-refractivity contribution in [3.8, 4) is 0 Å². The van der Waals surface area contributed by atoms with Gasteiger partial charge in [-0.3, -0.25) is 14.8 Å². The van der Waals surface area contributed by atoms with Crippen molar-refractivity contribution in [3.63, 3.8) is 0 Å². The Morgan fingerprint density at radius 3 is 2.53 bits per heavy atom. The van der Waals surface area contributed by atoms with Gasteiger partial charge < -0.3 is 10.2 Å². The summed E-state index contributed by atoms with van der Waals surface area (Å²) in [6.07, 6.45) is 0. The van der Waals surface area contributed by atoms with E-state index in [0.29, 0.717) is 6.04 Å². The number of likely N-dealkylation sites (N-methyl/N-ethyl adjacent to an activating group) is 1. The zero-order valence-corrected chi connectivity index (χ0v) is 12.8. The van der Waals surface area contributed by atoms with Crippen LogP contribution in [0.5, 0.6) is 0 Å². The Kier molecular flexibility index (Phi) is 4.48. The molecule has 0 amide bonds. The van der Waals surface area contributed by atoms with Gasteiger partial charge in [-0.05, 0) is 0 Å². The second kappa shape index (κ2) is 5.71. The van der Waals surface area contributed by atoms with Crippen molar-refractivity contribution in [2.45, 2.75) is 6.04 Å². The monoisotopic (exact) mass is 351 g/mol. The van der Waals surface area contributed by atoms with Crippen LogP contribution in [0.25, 0.3) is 0 Å². The Hall–Kier alpha value is -0.0800. The largest absolute Gasteiger partial charge is 0.355 e. The SMILES string of the molecule is CN1CCN=C1NCC1CN2CCN1CC2.I. The first kappa shape index (κ1) is 13.4. The zero-order valence-electron chi connectivity index (χ0n) is 10.4. The number of hydrogen-bond acceptors (Lipinski definition) is 5. The lowest BCUT2D eigenvalue weighted by Gasteiger charge is -2.47. The first-order valence-electron chi connectivity index (χ1n) is 6.29. The van der Waals surface area contributed by atoms with Gasteiger partial charge in [0.2, 0.25) is 0 Å². The molecule has 5 nitrogen and oxygen atoms in total. The van der Waals surface area contributed by atoms with Gasteiger partial charge in [-0.15, -0.1) is 24.0 Å². The molecule has 3 saturated heterocycles. The fraction of sp³-hybridized carbons (Fsp3) is 0.909. The molecule has 4 heterocycles. The molecule has 0 aliphatic carbocycles. The highest BCUT2D eigenvalue weighted by molar-refractivity contribution is 14.0. The van der Waals surface area contributed by atoms with Crippen LogP contribution in [0, 0.1) is 0 Å². The maximum absolute atomic E-state index is 4.46. The van der Waals surface area contributed by atoms with E-state index in [4.69, 9.17) is 0 Å². The van der Waals surface area contributed by atoms with Crippen LogP contribution in [0.4, 0.5) is 0 Å². The minimum Gasteiger partial charge on any atom is -0.355 e. The van der Waals surface area contributed by atoms with E-state index in [-0.39, 0.29) is 24.0 Å². The van der Waals surface area contributed by atoms with Gasteiger partial charge in [0.15, 0.2) is 5.96 Å². The van der Waals surface area contributed by atoms with Gasteiger partial charge >= 0.3 is 0 Å². The molecule has 17 heavy (non-hydrogen) atoms. The summed E-state index contributed by atoms with van der Waals surface area (Å²) in [5.41, 5.74) is 0. The van der Waals surface area contributed by atoms with E-state index in [2.05, 4.69) is 32.1 Å². The molecular formula is C11H22IN5. The molecule has 4 aliphatic heterocycles. The van der Waals surface area contributed by atoms with Crippen LogP contribution in [-0.2, 0) is 0 Å². The zero-order chi connectivity index (χ0) is 11.0. The quantitative estimate of drug-likeness (QED) is 0.680. The molecular weight excluding hydrogens is 329 g/mol. The highest BCUT2D eigenvalue weighted by Crippen LogP contribution is 2.14. The molecule has 0 aromatic rings. The Morgan fingerprint density at radius 2 is 2.00 bits per heavy atom. The fourth-order valence-corrected chi connectivity index (χ4v) is 2.85. The van der Waals surface area contributed by atoms with Crippen molar-refractivity contribution in [1.82, 2.24) is 20.0 Å². The summed E-state index contributed by atoms with van der Waals surface area (Å²) < 4.78 is 0. The average Bonchev–Trinajstić information content (AvgIpc) is 2.74. The molecule has 98 valence electrons. The molecule has 3 fully saturated rings. The van der Waals surface area contributed by atoms with Gasteiger partial charge in [-0.2, -0.15) is 0 Å². The molecule has 0 aromatic carbocycles.